The number of carbonyl (C=O) groups excluding carboxylic acids is 12. The van der Waals surface area contributed by atoms with E-state index < -0.39 is 16.7 Å². The van der Waals surface area contributed by atoms with Gasteiger partial charge < -0.3 is 30.9 Å². The molecule has 18 heteroatoms. The van der Waals surface area contributed by atoms with Crippen molar-refractivity contribution in [1.29, 1.82) is 0 Å². The van der Waals surface area contributed by atoms with Crippen LogP contribution in [0.5, 0.6) is 0 Å². The molecule has 4 saturated heterocycles. The van der Waals surface area contributed by atoms with Crippen LogP contribution in [0.25, 0.3) is 0 Å². The van der Waals surface area contributed by atoms with E-state index in [1.54, 1.807) is 30.7 Å². The van der Waals surface area contributed by atoms with Gasteiger partial charge in [0.1, 0.15) is 40.5 Å². The van der Waals surface area contributed by atoms with Crippen LogP contribution in [-0.2, 0) is 57.5 Å². The Hall–Kier alpha value is -5.52. The number of nitrogens with one attached hydrogen (secondary N) is 1. The maximum absolute atomic E-state index is 11.9. The molecule has 8 fully saturated rings. The largest absolute Gasteiger partial charge is 0.392 e. The second kappa shape index (κ2) is 27.3. The number of amides is 5. The summed E-state index contributed by atoms with van der Waals surface area (Å²) in [5.74, 6) is 0.886. The Balaban J connectivity index is 0.000000205. The summed E-state index contributed by atoms with van der Waals surface area (Å²) in [6.07, 6.45) is 21.1. The topological polar surface area (TPSA) is 273 Å². The molecule has 18 nitrogen and oxygen atoms in total. The molecule has 10 rings (SSSR count). The number of nitrogens with zero attached hydrogens (tertiary/aromatic N) is 3. The van der Waals surface area contributed by atoms with Crippen molar-refractivity contribution >= 4 is 70.0 Å². The summed E-state index contributed by atoms with van der Waals surface area (Å²) in [6.45, 7) is 11.4. The first-order chi connectivity index (χ1) is 36.5. The summed E-state index contributed by atoms with van der Waals surface area (Å²) in [7, 11) is 5.48. The number of hydrogen-bond donors (Lipinski definition) is 3. The van der Waals surface area contributed by atoms with Crippen LogP contribution in [0.15, 0.2) is 23.5 Å². The van der Waals surface area contributed by atoms with E-state index in [1.807, 2.05) is 51.9 Å². The summed E-state index contributed by atoms with van der Waals surface area (Å²) < 4.78 is 0. The van der Waals surface area contributed by atoms with Crippen LogP contribution in [-0.4, -0.2) is 129 Å². The van der Waals surface area contributed by atoms with Crippen molar-refractivity contribution in [1.82, 2.24) is 20.0 Å². The molecular weight excluding hydrogens is 1010 g/mol. The molecule has 4 aliphatic heterocycles. The van der Waals surface area contributed by atoms with Crippen LogP contribution in [0.3, 0.4) is 0 Å². The molecule has 4 N–H and O–H groups in total. The molecule has 0 radical (unpaired) electrons. The molecule has 79 heavy (non-hydrogen) atoms. The van der Waals surface area contributed by atoms with Crippen LogP contribution in [0.2, 0.25) is 0 Å². The van der Waals surface area contributed by atoms with Gasteiger partial charge in [-0.2, -0.15) is 0 Å². The summed E-state index contributed by atoms with van der Waals surface area (Å²) in [4.78, 5) is 142. The molecule has 6 aliphatic carbocycles. The lowest BCUT2D eigenvalue weighted by molar-refractivity contribution is -0.151. The number of rotatable bonds is 3. The molecule has 0 unspecified atom stereocenters. The molecule has 0 aromatic carbocycles. The van der Waals surface area contributed by atoms with Crippen molar-refractivity contribution in [3.8, 4) is 0 Å². The highest BCUT2D eigenvalue weighted by atomic mass is 16.3. The van der Waals surface area contributed by atoms with Crippen LogP contribution >= 0.6 is 0 Å². The molecule has 0 spiro atoms. The number of piperidine rings is 4. The van der Waals surface area contributed by atoms with Crippen molar-refractivity contribution in [2.45, 2.75) is 234 Å². The standard InChI is InChI=1S/C11H19NO2.C11H17NO2.C11H15NO2.C10H15NO3.C10H13NO2.C7H10O2.CH4/c3*1-11-7-6-10(14)12(2)8(11)4-3-5-9(11)13;1-10(6-5-9(11)14)7(12)3-2-4-8(10)13;1-10-6-5-9(13)11-7(10)3-2-4-8(10)12;1-5-6(8)3-2-4-7(5)9;/h8-9,13H,3-7H2,1-2H3;8H,3-7H2,1-2H3;4H,3,5-7H2,1-2H3;2-6H2,1H3,(H2,11,14);3H,2,4-6H2,1H3,(H,11,13);5H,2-4H2,1H3;1H4/t8-,9+,11+;8-,11+;11-;;10-;;/m110.0../s1. The highest BCUT2D eigenvalue weighted by Crippen LogP contribution is 2.47. The number of aliphatic hydroxyl groups is 1. The molecule has 7 atom stereocenters. The first-order valence-corrected chi connectivity index (χ1v) is 28.6. The molecular formula is C61H93N5O13. The fraction of sp³-hybridized carbons (Fsp3) is 0.738. The number of likely N-dealkylation sites (tertiary alicyclic amines) is 3. The summed E-state index contributed by atoms with van der Waals surface area (Å²) >= 11 is 0. The lowest BCUT2D eigenvalue weighted by Crippen LogP contribution is -2.58. The normalized spacial score (nSPS) is 32.2. The molecule has 0 aromatic rings. The highest BCUT2D eigenvalue weighted by Gasteiger charge is 2.51. The maximum Gasteiger partial charge on any atom is 0.226 e. The Morgan fingerprint density at radius 1 is 0.582 bits per heavy atom. The quantitative estimate of drug-likeness (QED) is 0.234. The number of allylic oxidation sites excluding steroid dienone is 4. The van der Waals surface area contributed by atoms with Gasteiger partial charge in [0.2, 0.25) is 29.5 Å². The van der Waals surface area contributed by atoms with E-state index in [-0.39, 0.29) is 119 Å². The van der Waals surface area contributed by atoms with E-state index >= 15 is 0 Å². The monoisotopic (exact) mass is 1100 g/mol. The van der Waals surface area contributed by atoms with E-state index in [9.17, 15) is 62.6 Å². The number of carbonyl (C=O) groups is 12. The maximum atomic E-state index is 11.9. The van der Waals surface area contributed by atoms with E-state index in [4.69, 9.17) is 5.73 Å². The van der Waals surface area contributed by atoms with Gasteiger partial charge in [-0.3, -0.25) is 57.5 Å². The smallest absolute Gasteiger partial charge is 0.226 e. The van der Waals surface area contributed by atoms with Crippen LogP contribution in [0.4, 0.5) is 0 Å². The van der Waals surface area contributed by atoms with E-state index in [1.165, 1.54) is 0 Å². The molecule has 5 amide bonds. The first-order valence-electron chi connectivity index (χ1n) is 28.6. The van der Waals surface area contributed by atoms with Crippen molar-refractivity contribution in [3.63, 3.8) is 0 Å². The van der Waals surface area contributed by atoms with Gasteiger partial charge in [-0.25, -0.2) is 0 Å². The second-order valence-corrected chi connectivity index (χ2v) is 24.5. The fourth-order valence-electron chi connectivity index (χ4n) is 13.2. The van der Waals surface area contributed by atoms with Gasteiger partial charge in [0.05, 0.1) is 28.3 Å². The third-order valence-corrected chi connectivity index (χ3v) is 19.4. The van der Waals surface area contributed by atoms with Gasteiger partial charge in [-0.15, -0.1) is 0 Å². The Morgan fingerprint density at radius 3 is 1.68 bits per heavy atom. The zero-order valence-corrected chi connectivity index (χ0v) is 48.1. The van der Waals surface area contributed by atoms with Gasteiger partial charge in [-0.05, 0) is 118 Å². The second-order valence-electron chi connectivity index (χ2n) is 24.5. The Labute approximate surface area is 468 Å². The average molecular weight is 1100 g/mol. The summed E-state index contributed by atoms with van der Waals surface area (Å²) in [5.41, 5.74) is 4.71. The van der Waals surface area contributed by atoms with E-state index in [2.05, 4.69) is 12.2 Å². The number of aliphatic hydroxyl groups excluding tert-OH is 1. The van der Waals surface area contributed by atoms with Gasteiger partial charge in [0.15, 0.2) is 0 Å². The summed E-state index contributed by atoms with van der Waals surface area (Å²) in [6, 6.07) is 0.414. The van der Waals surface area contributed by atoms with E-state index in [0.29, 0.717) is 95.7 Å². The van der Waals surface area contributed by atoms with Crippen LogP contribution < -0.4 is 11.1 Å². The fourth-order valence-corrected chi connectivity index (χ4v) is 13.2. The van der Waals surface area contributed by atoms with Gasteiger partial charge in [0, 0.05) is 133 Å². The van der Waals surface area contributed by atoms with Crippen molar-refractivity contribution in [3.05, 3.63) is 23.5 Å². The van der Waals surface area contributed by atoms with Gasteiger partial charge >= 0.3 is 0 Å². The SMILES string of the molecule is C.CC1(CCC(N)=O)C(=O)CCCC1=O.CC1C(=O)CCCC1=O.CN1C(=O)CC[C@]2(C)C(=O)CCC=C12.CN1C(=O)CC[C@]2(C)C(=O)CCC[C@@H]12.CN1C(=O)CC[C@]2(C)[C@@H](O)CCC[C@@H]12.C[C@]12CCC(=O)NC1=CCCC2=O. The lowest BCUT2D eigenvalue weighted by Gasteiger charge is -2.52. The zero-order chi connectivity index (χ0) is 58.1. The van der Waals surface area contributed by atoms with Crippen LogP contribution in [0, 0.1) is 33.0 Å². The van der Waals surface area contributed by atoms with Gasteiger partial charge in [0.25, 0.3) is 0 Å². The minimum Gasteiger partial charge on any atom is -0.392 e. The predicted octanol–water partition coefficient (Wildman–Crippen LogP) is 7.33. The van der Waals surface area contributed by atoms with Crippen molar-refractivity contribution in [2.75, 3.05) is 21.1 Å². The molecule has 0 aromatic heterocycles. The number of ketones is 7. The van der Waals surface area contributed by atoms with E-state index in [0.717, 1.165) is 75.6 Å². The van der Waals surface area contributed by atoms with Crippen LogP contribution in [0.1, 0.15) is 216 Å². The lowest BCUT2D eigenvalue weighted by atomic mass is 9.64. The summed E-state index contributed by atoms with van der Waals surface area (Å²) in [5, 5.41) is 12.8. The molecule has 10 aliphatic rings. The number of Topliss-reactive ketones (excluding diaryl/α,β-unsaturated/α-hetero) is 7. The Bertz CT molecular complexity index is 2430. The number of primary amides is 1. The average Bonchev–Trinajstić information content (AvgIpc) is 3.41. The Kier molecular flexibility index (Phi) is 22.8. The minimum absolute atomic E-state index is 0. The predicted molar refractivity (Wildman–Crippen MR) is 297 cm³/mol. The third kappa shape index (κ3) is 14.7. The van der Waals surface area contributed by atoms with Crippen molar-refractivity contribution in [2.24, 2.45) is 38.7 Å². The zero-order valence-electron chi connectivity index (χ0n) is 48.1. The first kappa shape index (κ1) is 66.0. The molecule has 440 valence electrons. The molecule has 4 heterocycles. The number of hydrogen-bond acceptors (Lipinski definition) is 13. The third-order valence-electron chi connectivity index (χ3n) is 19.4. The minimum atomic E-state index is -0.951. The van der Waals surface area contributed by atoms with Crippen molar-refractivity contribution < 1.29 is 62.6 Å². The highest BCUT2D eigenvalue weighted by molar-refractivity contribution is 6.08. The number of nitrogens with two attached hydrogens (primary N) is 1. The van der Waals surface area contributed by atoms with Gasteiger partial charge in [-0.1, -0.05) is 33.4 Å². The molecule has 4 saturated carbocycles. The Morgan fingerprint density at radius 2 is 1.09 bits per heavy atom. The molecule has 0 bridgehead atoms. The number of fused-ring (bicyclic) bond motifs is 4.